The lowest BCUT2D eigenvalue weighted by Gasteiger charge is -2.12. The van der Waals surface area contributed by atoms with Gasteiger partial charge in [0.05, 0.1) is 24.8 Å². The Hall–Kier alpha value is -1.60. The van der Waals surface area contributed by atoms with E-state index in [0.717, 1.165) is 24.5 Å². The Morgan fingerprint density at radius 2 is 1.79 bits per heavy atom. The van der Waals surface area contributed by atoms with Crippen LogP contribution in [0.25, 0.3) is 6.08 Å². The van der Waals surface area contributed by atoms with Crippen molar-refractivity contribution < 1.29 is 23.9 Å². The molecule has 0 atom stereocenters. The number of rotatable bonds is 5. The Morgan fingerprint density at radius 1 is 1.14 bits per heavy atom. The Morgan fingerprint density at radius 3 is 2.39 bits per heavy atom. The fourth-order valence-corrected chi connectivity index (χ4v) is 5.38. The fourth-order valence-electron chi connectivity index (χ4n) is 2.41. The molecule has 28 heavy (non-hydrogen) atoms. The van der Waals surface area contributed by atoms with E-state index in [0.29, 0.717) is 16.3 Å². The zero-order chi connectivity index (χ0) is 20.3. The first-order chi connectivity index (χ1) is 13.4. The minimum Gasteiger partial charge on any atom is -0.480 e. The second-order valence-electron chi connectivity index (χ2n) is 5.53. The highest BCUT2D eigenvalue weighted by Crippen LogP contribution is 2.37. The first-order valence-corrected chi connectivity index (χ1v) is 10.9. The van der Waals surface area contributed by atoms with Crippen LogP contribution < -0.4 is 9.64 Å². The number of esters is 1. The van der Waals surface area contributed by atoms with Gasteiger partial charge in [-0.25, -0.2) is 9.69 Å². The molecule has 0 aliphatic carbocycles. The van der Waals surface area contributed by atoms with Crippen LogP contribution >= 0.6 is 56.9 Å². The average molecular weight is 621 g/mol. The molecule has 0 spiro atoms. The second-order valence-corrected chi connectivity index (χ2v) is 8.85. The number of nitrogens with zero attached hydrogens (tertiary/aromatic N) is 1. The van der Waals surface area contributed by atoms with Crippen LogP contribution in [0.1, 0.15) is 5.56 Å². The lowest BCUT2D eigenvalue weighted by molar-refractivity contribution is -0.142. The number of anilines is 1. The number of carbonyl (C=O) groups excluding carboxylic acids is 3. The third-order valence-electron chi connectivity index (χ3n) is 3.69. The number of ether oxygens (including phenoxy) is 2. The minimum absolute atomic E-state index is 0.183. The highest BCUT2D eigenvalue weighted by Gasteiger charge is 2.36. The van der Waals surface area contributed by atoms with Crippen LogP contribution in [0.4, 0.5) is 10.5 Å². The molecule has 2 aromatic carbocycles. The van der Waals surface area contributed by atoms with E-state index < -0.39 is 5.97 Å². The first-order valence-electron chi connectivity index (χ1n) is 7.92. The predicted octanol–water partition coefficient (Wildman–Crippen LogP) is 4.69. The van der Waals surface area contributed by atoms with Gasteiger partial charge < -0.3 is 9.47 Å². The molecule has 1 fully saturated rings. The first kappa shape index (κ1) is 21.1. The van der Waals surface area contributed by atoms with E-state index in [2.05, 4.69) is 49.9 Å². The van der Waals surface area contributed by atoms with E-state index in [1.165, 1.54) is 12.0 Å². The third kappa shape index (κ3) is 4.69. The molecule has 1 aliphatic heterocycles. The molecule has 2 amide bonds. The van der Waals surface area contributed by atoms with Crippen LogP contribution in [-0.2, 0) is 14.3 Å². The van der Waals surface area contributed by atoms with Crippen molar-refractivity contribution in [3.63, 3.8) is 0 Å². The SMILES string of the molecule is COC(=O)COc1c(I)cc(/C=C2\SC(=O)N(c3ccccc3)C2=O)cc1I. The minimum atomic E-state index is -0.467. The third-order valence-corrected chi connectivity index (χ3v) is 6.16. The summed E-state index contributed by atoms with van der Waals surface area (Å²) in [6, 6.07) is 12.5. The molecular weight excluding hydrogens is 608 g/mol. The standard InChI is InChI=1S/C19H13I2NO5S/c1-26-16(23)10-27-17-13(20)7-11(8-14(17)21)9-15-18(24)22(19(25)28-15)12-5-3-2-4-6-12/h2-9H,10H2,1H3/b15-9-. The van der Waals surface area contributed by atoms with Crippen LogP contribution in [0.5, 0.6) is 5.75 Å². The molecular formula is C19H13I2NO5S. The monoisotopic (exact) mass is 621 g/mol. The van der Waals surface area contributed by atoms with Crippen molar-refractivity contribution in [3.8, 4) is 5.75 Å². The molecule has 0 saturated carbocycles. The maximum atomic E-state index is 12.7. The average Bonchev–Trinajstić information content (AvgIpc) is 2.94. The molecule has 0 radical (unpaired) electrons. The molecule has 3 rings (SSSR count). The van der Waals surface area contributed by atoms with Crippen molar-refractivity contribution in [2.24, 2.45) is 0 Å². The number of benzene rings is 2. The van der Waals surface area contributed by atoms with Crippen molar-refractivity contribution in [2.45, 2.75) is 0 Å². The summed E-state index contributed by atoms with van der Waals surface area (Å²) < 4.78 is 11.7. The van der Waals surface area contributed by atoms with Gasteiger partial charge in [0.15, 0.2) is 6.61 Å². The summed E-state index contributed by atoms with van der Waals surface area (Å²) in [5.74, 6) is -0.247. The number of para-hydroxylation sites is 1. The van der Waals surface area contributed by atoms with Gasteiger partial charge in [0.1, 0.15) is 5.75 Å². The Balaban J connectivity index is 1.85. The smallest absolute Gasteiger partial charge is 0.343 e. The Kier molecular flexibility index (Phi) is 6.99. The van der Waals surface area contributed by atoms with Crippen LogP contribution in [0, 0.1) is 7.14 Å². The summed E-state index contributed by atoms with van der Waals surface area (Å²) in [7, 11) is 1.30. The van der Waals surface area contributed by atoms with Gasteiger partial charge in [-0.15, -0.1) is 0 Å². The summed E-state index contributed by atoms with van der Waals surface area (Å²) in [6.45, 7) is -0.183. The van der Waals surface area contributed by atoms with Gasteiger partial charge in [-0.2, -0.15) is 0 Å². The Bertz CT molecular complexity index is 955. The fraction of sp³-hybridized carbons (Fsp3) is 0.105. The largest absolute Gasteiger partial charge is 0.480 e. The maximum Gasteiger partial charge on any atom is 0.343 e. The molecule has 0 unspecified atom stereocenters. The number of carbonyl (C=O) groups is 3. The second kappa shape index (κ2) is 9.27. The van der Waals surface area contributed by atoms with Gasteiger partial charge in [0.25, 0.3) is 11.1 Å². The molecule has 0 N–H and O–H groups in total. The van der Waals surface area contributed by atoms with E-state index in [9.17, 15) is 14.4 Å². The highest BCUT2D eigenvalue weighted by atomic mass is 127. The number of thioether (sulfide) groups is 1. The van der Waals surface area contributed by atoms with E-state index in [1.807, 2.05) is 18.2 Å². The highest BCUT2D eigenvalue weighted by molar-refractivity contribution is 14.1. The molecule has 1 heterocycles. The van der Waals surface area contributed by atoms with E-state index in [-0.39, 0.29) is 17.8 Å². The van der Waals surface area contributed by atoms with Crippen LogP contribution in [-0.4, -0.2) is 30.8 Å². The van der Waals surface area contributed by atoms with E-state index in [4.69, 9.17) is 4.74 Å². The molecule has 2 aromatic rings. The molecule has 0 aromatic heterocycles. The van der Waals surface area contributed by atoms with Crippen molar-refractivity contribution in [2.75, 3.05) is 18.6 Å². The summed E-state index contributed by atoms with van der Waals surface area (Å²) in [6.07, 6.45) is 1.68. The van der Waals surface area contributed by atoms with Gasteiger partial charge in [0, 0.05) is 0 Å². The van der Waals surface area contributed by atoms with Gasteiger partial charge in [-0.1, -0.05) is 18.2 Å². The van der Waals surface area contributed by atoms with Gasteiger partial charge in [0.2, 0.25) is 0 Å². The molecule has 144 valence electrons. The summed E-state index contributed by atoms with van der Waals surface area (Å²) in [4.78, 5) is 37.8. The van der Waals surface area contributed by atoms with E-state index >= 15 is 0 Å². The Labute approximate surface area is 192 Å². The van der Waals surface area contributed by atoms with Crippen molar-refractivity contribution in [1.29, 1.82) is 0 Å². The number of halogens is 2. The zero-order valence-electron chi connectivity index (χ0n) is 14.5. The van der Waals surface area contributed by atoms with Crippen molar-refractivity contribution in [1.82, 2.24) is 0 Å². The van der Waals surface area contributed by atoms with Gasteiger partial charge in [-0.3, -0.25) is 9.59 Å². The molecule has 1 aliphatic rings. The quantitative estimate of drug-likeness (QED) is 0.274. The van der Waals surface area contributed by atoms with Gasteiger partial charge in [-0.05, 0) is 92.8 Å². The molecule has 6 nitrogen and oxygen atoms in total. The number of methoxy groups -OCH3 is 1. The number of hydrogen-bond acceptors (Lipinski definition) is 6. The molecule has 1 saturated heterocycles. The summed E-state index contributed by atoms with van der Waals surface area (Å²) in [5, 5.41) is -0.329. The number of hydrogen-bond donors (Lipinski definition) is 0. The summed E-state index contributed by atoms with van der Waals surface area (Å²) >= 11 is 5.10. The molecule has 0 bridgehead atoms. The van der Waals surface area contributed by atoms with Crippen LogP contribution in [0.15, 0.2) is 47.4 Å². The predicted molar refractivity (Wildman–Crippen MR) is 124 cm³/mol. The topological polar surface area (TPSA) is 72.9 Å². The maximum absolute atomic E-state index is 12.7. The number of amides is 2. The van der Waals surface area contributed by atoms with Gasteiger partial charge >= 0.3 is 5.97 Å². The zero-order valence-corrected chi connectivity index (χ0v) is 19.6. The molecule has 9 heteroatoms. The lowest BCUT2D eigenvalue weighted by atomic mass is 10.2. The summed E-state index contributed by atoms with van der Waals surface area (Å²) in [5.41, 5.74) is 1.31. The lowest BCUT2D eigenvalue weighted by Crippen LogP contribution is -2.27. The van der Waals surface area contributed by atoms with Crippen LogP contribution in [0.3, 0.4) is 0 Å². The van der Waals surface area contributed by atoms with Crippen molar-refractivity contribution >= 4 is 85.8 Å². The number of imide groups is 1. The van der Waals surface area contributed by atoms with Crippen LogP contribution in [0.2, 0.25) is 0 Å². The van der Waals surface area contributed by atoms with E-state index in [1.54, 1.807) is 30.3 Å². The van der Waals surface area contributed by atoms with Crippen molar-refractivity contribution in [3.05, 3.63) is 60.1 Å². The normalized spacial score (nSPS) is 15.2.